The first-order valence-electron chi connectivity index (χ1n) is 7.94. The molecule has 2 atom stereocenters. The number of anilines is 1. The number of nitrogens with zero attached hydrogens (tertiary/aromatic N) is 3. The van der Waals surface area contributed by atoms with Crippen LogP contribution in [0.4, 0.5) is 10.3 Å². The molecule has 0 unspecified atom stereocenters. The minimum Gasteiger partial charge on any atom is -0.379 e. The highest BCUT2D eigenvalue weighted by atomic mass is 19.1. The number of hydrogen-bond acceptors (Lipinski definition) is 5. The average Bonchev–Trinajstić information content (AvgIpc) is 3.04. The van der Waals surface area contributed by atoms with Crippen LogP contribution in [-0.2, 0) is 11.2 Å². The van der Waals surface area contributed by atoms with E-state index in [2.05, 4.69) is 32.4 Å². The van der Waals surface area contributed by atoms with E-state index in [0.717, 1.165) is 24.3 Å². The molecule has 5 nitrogen and oxygen atoms in total. The Balaban J connectivity index is 1.53. The summed E-state index contributed by atoms with van der Waals surface area (Å²) in [7, 11) is 0. The van der Waals surface area contributed by atoms with Gasteiger partial charge in [0, 0.05) is 17.5 Å². The van der Waals surface area contributed by atoms with Gasteiger partial charge in [-0.1, -0.05) is 18.2 Å². The van der Waals surface area contributed by atoms with Gasteiger partial charge in [0.25, 0.3) is 0 Å². The fourth-order valence-corrected chi connectivity index (χ4v) is 3.13. The number of hydrogen-bond donors (Lipinski definition) is 1. The summed E-state index contributed by atoms with van der Waals surface area (Å²) in [6.45, 7) is 1.27. The molecule has 1 aliphatic rings. The third-order valence-corrected chi connectivity index (χ3v) is 4.35. The number of rotatable bonds is 4. The Morgan fingerprint density at radius 3 is 2.79 bits per heavy atom. The standard InChI is InChI=1S/C18H17FN4O/c19-14-8-21-18(22-9-14)23-17-11-24-10-13(17)7-12-5-6-20-16-4-2-1-3-15(12)16/h1-6,8-9,13,17H,7,10-11H2,(H,21,22,23)/t13-,17-/m1/s1. The normalized spacial score (nSPS) is 20.4. The maximum atomic E-state index is 12.9. The van der Waals surface area contributed by atoms with E-state index in [1.807, 2.05) is 24.4 Å². The van der Waals surface area contributed by atoms with E-state index in [-0.39, 0.29) is 6.04 Å². The Hall–Kier alpha value is -2.60. The monoisotopic (exact) mass is 324 g/mol. The molecule has 6 heteroatoms. The molecular weight excluding hydrogens is 307 g/mol. The van der Waals surface area contributed by atoms with Crippen LogP contribution in [-0.4, -0.2) is 34.2 Å². The maximum absolute atomic E-state index is 12.9. The van der Waals surface area contributed by atoms with Gasteiger partial charge in [-0.25, -0.2) is 14.4 Å². The molecule has 4 rings (SSSR count). The molecule has 0 spiro atoms. The van der Waals surface area contributed by atoms with Crippen molar-refractivity contribution in [3.63, 3.8) is 0 Å². The molecule has 122 valence electrons. The first kappa shape index (κ1) is 15.0. The summed E-state index contributed by atoms with van der Waals surface area (Å²) < 4.78 is 18.6. The summed E-state index contributed by atoms with van der Waals surface area (Å²) >= 11 is 0. The maximum Gasteiger partial charge on any atom is 0.223 e. The number of nitrogens with one attached hydrogen (secondary N) is 1. The van der Waals surface area contributed by atoms with E-state index in [9.17, 15) is 4.39 Å². The molecule has 0 aliphatic carbocycles. The number of para-hydroxylation sites is 1. The van der Waals surface area contributed by atoms with Gasteiger partial charge in [0.05, 0.1) is 37.2 Å². The largest absolute Gasteiger partial charge is 0.379 e. The molecule has 0 radical (unpaired) electrons. The second-order valence-electron chi connectivity index (χ2n) is 5.96. The Morgan fingerprint density at radius 2 is 1.92 bits per heavy atom. The van der Waals surface area contributed by atoms with Crippen molar-refractivity contribution in [2.75, 3.05) is 18.5 Å². The van der Waals surface area contributed by atoms with E-state index in [0.29, 0.717) is 25.1 Å². The minimum atomic E-state index is -0.442. The van der Waals surface area contributed by atoms with Gasteiger partial charge in [0.15, 0.2) is 5.82 Å². The Labute approximate surface area is 138 Å². The third kappa shape index (κ3) is 3.05. The lowest BCUT2D eigenvalue weighted by Gasteiger charge is -2.19. The lowest BCUT2D eigenvalue weighted by molar-refractivity contribution is 0.185. The van der Waals surface area contributed by atoms with Crippen LogP contribution in [0.25, 0.3) is 10.9 Å². The molecule has 1 saturated heterocycles. The number of aromatic nitrogens is 3. The van der Waals surface area contributed by atoms with Gasteiger partial charge in [-0.15, -0.1) is 0 Å². The Kier molecular flexibility index (Phi) is 4.04. The zero-order chi connectivity index (χ0) is 16.4. The zero-order valence-corrected chi connectivity index (χ0v) is 13.0. The molecule has 24 heavy (non-hydrogen) atoms. The SMILES string of the molecule is Fc1cnc(N[C@@H]2COC[C@H]2Cc2ccnc3ccccc23)nc1. The molecule has 1 aromatic carbocycles. The summed E-state index contributed by atoms with van der Waals surface area (Å²) in [5.74, 6) is 0.281. The molecular formula is C18H17FN4O. The van der Waals surface area contributed by atoms with Gasteiger partial charge in [0.2, 0.25) is 5.95 Å². The van der Waals surface area contributed by atoms with Gasteiger partial charge in [-0.05, 0) is 24.1 Å². The molecule has 0 saturated carbocycles. The Bertz CT molecular complexity index is 835. The van der Waals surface area contributed by atoms with Gasteiger partial charge < -0.3 is 10.1 Å². The number of ether oxygens (including phenoxy) is 1. The van der Waals surface area contributed by atoms with Crippen LogP contribution >= 0.6 is 0 Å². The van der Waals surface area contributed by atoms with E-state index in [1.54, 1.807) is 0 Å². The second kappa shape index (κ2) is 6.49. The summed E-state index contributed by atoms with van der Waals surface area (Å²) in [6, 6.07) is 10.3. The predicted octanol–water partition coefficient (Wildman–Crippen LogP) is 2.83. The predicted molar refractivity (Wildman–Crippen MR) is 89.2 cm³/mol. The van der Waals surface area contributed by atoms with Gasteiger partial charge in [-0.2, -0.15) is 0 Å². The van der Waals surface area contributed by atoms with Crippen LogP contribution in [0.5, 0.6) is 0 Å². The fourth-order valence-electron chi connectivity index (χ4n) is 3.13. The van der Waals surface area contributed by atoms with Crippen LogP contribution in [0, 0.1) is 11.7 Å². The van der Waals surface area contributed by atoms with Crippen LogP contribution in [0.15, 0.2) is 48.9 Å². The highest BCUT2D eigenvalue weighted by Gasteiger charge is 2.29. The van der Waals surface area contributed by atoms with Crippen LogP contribution in [0.1, 0.15) is 5.56 Å². The molecule has 1 N–H and O–H groups in total. The summed E-state index contributed by atoms with van der Waals surface area (Å²) in [5.41, 5.74) is 2.25. The van der Waals surface area contributed by atoms with Crippen LogP contribution in [0.2, 0.25) is 0 Å². The van der Waals surface area contributed by atoms with E-state index in [1.165, 1.54) is 10.9 Å². The molecule has 3 heterocycles. The van der Waals surface area contributed by atoms with Crippen LogP contribution in [0.3, 0.4) is 0 Å². The smallest absolute Gasteiger partial charge is 0.223 e. The minimum absolute atomic E-state index is 0.0994. The topological polar surface area (TPSA) is 59.9 Å². The highest BCUT2D eigenvalue weighted by molar-refractivity contribution is 5.81. The van der Waals surface area contributed by atoms with Crippen molar-refractivity contribution >= 4 is 16.9 Å². The molecule has 3 aromatic rings. The molecule has 2 aromatic heterocycles. The highest BCUT2D eigenvalue weighted by Crippen LogP contribution is 2.25. The zero-order valence-electron chi connectivity index (χ0n) is 13.0. The first-order valence-corrected chi connectivity index (χ1v) is 7.94. The molecule has 1 aliphatic heterocycles. The number of fused-ring (bicyclic) bond motifs is 1. The number of pyridine rings is 1. The molecule has 0 amide bonds. The van der Waals surface area contributed by atoms with Crippen molar-refractivity contribution in [1.29, 1.82) is 0 Å². The molecule has 1 fully saturated rings. The molecule has 0 bridgehead atoms. The lowest BCUT2D eigenvalue weighted by atomic mass is 9.93. The summed E-state index contributed by atoms with van der Waals surface area (Å²) in [6.07, 6.45) is 5.05. The van der Waals surface area contributed by atoms with Gasteiger partial charge in [0.1, 0.15) is 0 Å². The van der Waals surface area contributed by atoms with Crippen molar-refractivity contribution in [2.45, 2.75) is 12.5 Å². The average molecular weight is 324 g/mol. The Morgan fingerprint density at radius 1 is 1.08 bits per heavy atom. The van der Waals surface area contributed by atoms with Crippen LogP contribution < -0.4 is 5.32 Å². The quantitative estimate of drug-likeness (QED) is 0.800. The number of benzene rings is 1. The number of halogens is 1. The third-order valence-electron chi connectivity index (χ3n) is 4.35. The van der Waals surface area contributed by atoms with Crippen molar-refractivity contribution in [2.24, 2.45) is 5.92 Å². The van der Waals surface area contributed by atoms with Crippen molar-refractivity contribution < 1.29 is 9.13 Å². The summed E-state index contributed by atoms with van der Waals surface area (Å²) in [5, 5.41) is 4.43. The van der Waals surface area contributed by atoms with Gasteiger partial charge >= 0.3 is 0 Å². The van der Waals surface area contributed by atoms with E-state index in [4.69, 9.17) is 4.74 Å². The first-order chi connectivity index (χ1) is 11.8. The lowest BCUT2D eigenvalue weighted by Crippen LogP contribution is -2.30. The van der Waals surface area contributed by atoms with Gasteiger partial charge in [-0.3, -0.25) is 4.98 Å². The fraction of sp³-hybridized carbons (Fsp3) is 0.278. The van der Waals surface area contributed by atoms with Crippen molar-refractivity contribution in [3.8, 4) is 0 Å². The summed E-state index contributed by atoms with van der Waals surface area (Å²) in [4.78, 5) is 12.3. The van der Waals surface area contributed by atoms with Crippen molar-refractivity contribution in [1.82, 2.24) is 15.0 Å². The van der Waals surface area contributed by atoms with E-state index < -0.39 is 5.82 Å². The van der Waals surface area contributed by atoms with Crippen molar-refractivity contribution in [3.05, 3.63) is 60.3 Å². The second-order valence-corrected chi connectivity index (χ2v) is 5.96. The van der Waals surface area contributed by atoms with E-state index >= 15 is 0 Å².